The number of carboxylic acids is 2. The molecule has 0 heterocycles. The van der Waals surface area contributed by atoms with Gasteiger partial charge in [0.15, 0.2) is 0 Å². The molecule has 0 unspecified atom stereocenters. The number of nitrogens with one attached hydrogen (secondary N) is 1. The number of carboxylic acid groups (broad SMARTS) is 2. The van der Waals surface area contributed by atoms with E-state index in [1.807, 2.05) is 0 Å². The van der Waals surface area contributed by atoms with Crippen LogP contribution in [-0.4, -0.2) is 37.7 Å². The Bertz CT molecular complexity index is 681. The van der Waals surface area contributed by atoms with Gasteiger partial charge in [0.2, 0.25) is 0 Å². The van der Waals surface area contributed by atoms with Crippen LogP contribution in [0.4, 0.5) is 17.1 Å². The van der Waals surface area contributed by atoms with Crippen LogP contribution in [-0.2, 0) is 9.59 Å². The second kappa shape index (κ2) is 7.44. The van der Waals surface area contributed by atoms with E-state index in [0.717, 1.165) is 12.1 Å². The Morgan fingerprint density at radius 3 is 2.09 bits per heavy atom. The maximum atomic E-state index is 10.9. The lowest BCUT2D eigenvalue weighted by Gasteiger charge is -2.05. The monoisotopic (exact) mass is 326 g/mol. The Morgan fingerprint density at radius 2 is 1.65 bits per heavy atom. The quantitative estimate of drug-likeness (QED) is 0.358. The van der Waals surface area contributed by atoms with Crippen LogP contribution in [0.1, 0.15) is 12.8 Å². The molecule has 12 nitrogen and oxygen atoms in total. The van der Waals surface area contributed by atoms with Crippen molar-refractivity contribution in [1.82, 2.24) is 0 Å². The zero-order valence-corrected chi connectivity index (χ0v) is 11.3. The van der Waals surface area contributed by atoms with Gasteiger partial charge < -0.3 is 10.2 Å². The summed E-state index contributed by atoms with van der Waals surface area (Å²) in [6.45, 7) is 0. The molecule has 1 aromatic carbocycles. The highest BCUT2D eigenvalue weighted by atomic mass is 16.6. The summed E-state index contributed by atoms with van der Waals surface area (Å²) >= 11 is 0. The Morgan fingerprint density at radius 1 is 1.09 bits per heavy atom. The summed E-state index contributed by atoms with van der Waals surface area (Å²) in [5, 5.41) is 42.3. The molecule has 0 atom stereocenters. The Labute approximate surface area is 127 Å². The van der Waals surface area contributed by atoms with Gasteiger partial charge >= 0.3 is 17.6 Å². The third-order valence-corrected chi connectivity index (χ3v) is 2.43. The van der Waals surface area contributed by atoms with Crippen LogP contribution in [0.5, 0.6) is 0 Å². The molecule has 1 rings (SSSR count). The molecule has 0 aromatic heterocycles. The molecule has 1 aromatic rings. The first-order valence-corrected chi connectivity index (χ1v) is 5.88. The molecule has 0 spiro atoms. The van der Waals surface area contributed by atoms with E-state index in [1.165, 1.54) is 0 Å². The number of aliphatic carboxylic acids is 2. The van der Waals surface area contributed by atoms with E-state index in [4.69, 9.17) is 10.2 Å². The average Bonchev–Trinajstić information content (AvgIpc) is 2.43. The molecule has 0 fully saturated rings. The minimum absolute atomic E-state index is 0.242. The van der Waals surface area contributed by atoms with Crippen molar-refractivity contribution in [3.63, 3.8) is 0 Å². The van der Waals surface area contributed by atoms with Gasteiger partial charge in [-0.25, -0.2) is 0 Å². The number of rotatable bonds is 8. The second-order valence-corrected chi connectivity index (χ2v) is 4.15. The van der Waals surface area contributed by atoms with E-state index in [9.17, 15) is 29.8 Å². The maximum Gasteiger partial charge on any atom is 0.309 e. The molecule has 0 aliphatic carbocycles. The first kappa shape index (κ1) is 17.5. The van der Waals surface area contributed by atoms with E-state index >= 15 is 0 Å². The number of carbonyl (C=O) groups is 2. The van der Waals surface area contributed by atoms with Gasteiger partial charge in [-0.2, -0.15) is 5.10 Å². The zero-order valence-electron chi connectivity index (χ0n) is 11.3. The van der Waals surface area contributed by atoms with E-state index < -0.39 is 46.0 Å². The molecule has 3 N–H and O–H groups in total. The Hall–Kier alpha value is -3.57. The highest BCUT2D eigenvalue weighted by Gasteiger charge is 2.19. The molecule has 0 saturated heterocycles. The van der Waals surface area contributed by atoms with Crippen molar-refractivity contribution in [2.45, 2.75) is 12.8 Å². The van der Waals surface area contributed by atoms with Crippen LogP contribution in [0.25, 0.3) is 0 Å². The van der Waals surface area contributed by atoms with E-state index in [-0.39, 0.29) is 11.4 Å². The number of hydrazone groups is 1. The molecule has 0 amide bonds. The fourth-order valence-electron chi connectivity index (χ4n) is 1.51. The lowest BCUT2D eigenvalue weighted by atomic mass is 10.2. The Kier molecular flexibility index (Phi) is 5.66. The van der Waals surface area contributed by atoms with E-state index in [0.29, 0.717) is 6.07 Å². The van der Waals surface area contributed by atoms with Crippen molar-refractivity contribution < 1.29 is 29.6 Å². The number of hydrogen-bond donors (Lipinski definition) is 3. The fraction of sp³-hybridized carbons (Fsp3) is 0.182. The SMILES string of the molecule is O=C(O)CC(CC(=O)O)=NNc1ccc([N+](=O)[O-])cc1[N+](=O)[O-]. The predicted octanol–water partition coefficient (Wildman–Crippen LogP) is 1.22. The molecule has 0 aliphatic heterocycles. The van der Waals surface area contributed by atoms with Crippen molar-refractivity contribution in [3.8, 4) is 0 Å². The van der Waals surface area contributed by atoms with Gasteiger partial charge in [-0.1, -0.05) is 0 Å². The summed E-state index contributed by atoms with van der Waals surface area (Å²) in [5.41, 5.74) is 0.476. The van der Waals surface area contributed by atoms with Crippen molar-refractivity contribution in [2.75, 3.05) is 5.43 Å². The fourth-order valence-corrected chi connectivity index (χ4v) is 1.51. The van der Waals surface area contributed by atoms with Gasteiger partial charge in [-0.3, -0.25) is 35.2 Å². The summed E-state index contributed by atoms with van der Waals surface area (Å²) < 4.78 is 0. The molecule has 0 bridgehead atoms. The number of nitro groups is 2. The third-order valence-electron chi connectivity index (χ3n) is 2.43. The van der Waals surface area contributed by atoms with Crippen molar-refractivity contribution in [3.05, 3.63) is 38.4 Å². The number of non-ortho nitro benzene ring substituents is 1. The lowest BCUT2D eigenvalue weighted by molar-refractivity contribution is -0.393. The van der Waals surface area contributed by atoms with Crippen molar-refractivity contribution in [1.29, 1.82) is 0 Å². The minimum atomic E-state index is -1.33. The molecule has 12 heteroatoms. The van der Waals surface area contributed by atoms with Crippen LogP contribution in [0.3, 0.4) is 0 Å². The second-order valence-electron chi connectivity index (χ2n) is 4.15. The van der Waals surface area contributed by atoms with Gasteiger partial charge in [0.05, 0.1) is 34.5 Å². The largest absolute Gasteiger partial charge is 0.481 e. The summed E-state index contributed by atoms with van der Waals surface area (Å²) in [7, 11) is 0. The van der Waals surface area contributed by atoms with Crippen molar-refractivity contribution >= 4 is 34.7 Å². The highest BCUT2D eigenvalue weighted by molar-refractivity contribution is 6.06. The van der Waals surface area contributed by atoms with Crippen LogP contribution < -0.4 is 5.43 Å². The normalized spacial score (nSPS) is 9.74. The molecule has 0 aliphatic rings. The summed E-state index contributed by atoms with van der Waals surface area (Å²) in [6.07, 6.45) is -1.36. The molecular formula is C11H10N4O8. The molecule has 122 valence electrons. The smallest absolute Gasteiger partial charge is 0.309 e. The van der Waals surface area contributed by atoms with Gasteiger partial charge in [0.25, 0.3) is 5.69 Å². The predicted molar refractivity (Wildman–Crippen MR) is 75.3 cm³/mol. The van der Waals surface area contributed by atoms with Crippen LogP contribution in [0, 0.1) is 20.2 Å². The van der Waals surface area contributed by atoms with Crippen LogP contribution in [0.2, 0.25) is 0 Å². The van der Waals surface area contributed by atoms with Gasteiger partial charge in [0, 0.05) is 6.07 Å². The number of hydrogen-bond acceptors (Lipinski definition) is 8. The zero-order chi connectivity index (χ0) is 17.6. The van der Waals surface area contributed by atoms with Gasteiger partial charge in [-0.15, -0.1) is 0 Å². The van der Waals surface area contributed by atoms with Crippen molar-refractivity contribution in [2.24, 2.45) is 5.10 Å². The first-order valence-electron chi connectivity index (χ1n) is 5.88. The van der Waals surface area contributed by atoms with E-state index in [1.54, 1.807) is 0 Å². The van der Waals surface area contributed by atoms with Gasteiger partial charge in [0.1, 0.15) is 5.69 Å². The molecular weight excluding hydrogens is 316 g/mol. The minimum Gasteiger partial charge on any atom is -0.481 e. The molecule has 0 saturated carbocycles. The summed E-state index contributed by atoms with van der Waals surface area (Å²) in [5.74, 6) is -2.66. The summed E-state index contributed by atoms with van der Waals surface area (Å²) in [6, 6.07) is 2.70. The lowest BCUT2D eigenvalue weighted by Crippen LogP contribution is -2.14. The third kappa shape index (κ3) is 5.37. The molecule has 23 heavy (non-hydrogen) atoms. The first-order chi connectivity index (χ1) is 10.7. The number of benzene rings is 1. The average molecular weight is 326 g/mol. The highest BCUT2D eigenvalue weighted by Crippen LogP contribution is 2.28. The van der Waals surface area contributed by atoms with Gasteiger partial charge in [-0.05, 0) is 6.07 Å². The maximum absolute atomic E-state index is 10.9. The number of nitrogens with zero attached hydrogens (tertiary/aromatic N) is 3. The van der Waals surface area contributed by atoms with Crippen LogP contribution >= 0.6 is 0 Å². The topological polar surface area (TPSA) is 185 Å². The van der Waals surface area contributed by atoms with Crippen LogP contribution in [0.15, 0.2) is 23.3 Å². The standard InChI is InChI=1S/C11H10N4O8/c16-10(17)3-6(4-11(18)19)12-13-8-2-1-7(14(20)21)5-9(8)15(22)23/h1-2,5,13H,3-4H2,(H,16,17)(H,18,19). The molecule has 0 radical (unpaired) electrons. The Balaban J connectivity index is 3.12. The number of nitro benzene ring substituents is 2. The number of anilines is 1. The summed E-state index contributed by atoms with van der Waals surface area (Å²) in [4.78, 5) is 41.0. The van der Waals surface area contributed by atoms with E-state index in [2.05, 4.69) is 10.5 Å².